The van der Waals surface area contributed by atoms with Crippen LogP contribution in [-0.4, -0.2) is 35.1 Å². The van der Waals surface area contributed by atoms with Crippen molar-refractivity contribution in [2.75, 3.05) is 30.4 Å². The first-order valence-electron chi connectivity index (χ1n) is 10.9. The van der Waals surface area contributed by atoms with Crippen LogP contribution in [0.5, 0.6) is 11.5 Å². The van der Waals surface area contributed by atoms with E-state index in [0.29, 0.717) is 17.1 Å². The predicted octanol–water partition coefficient (Wildman–Crippen LogP) is 5.00. The molecular weight excluding hydrogens is 464 g/mol. The van der Waals surface area contributed by atoms with Gasteiger partial charge in [0.05, 0.1) is 19.9 Å². The minimum Gasteiger partial charge on any atom is -0.497 e. The maximum atomic E-state index is 13.9. The van der Waals surface area contributed by atoms with Gasteiger partial charge in [0.25, 0.3) is 10.0 Å². The number of benzene rings is 4. The van der Waals surface area contributed by atoms with Gasteiger partial charge in [0, 0.05) is 11.1 Å². The number of hydrogen-bond donors (Lipinski definition) is 1. The molecule has 0 aliphatic rings. The maximum absolute atomic E-state index is 13.9. The topological polar surface area (TPSA) is 84.9 Å². The smallest absolute Gasteiger partial charge is 0.268 e. The first-order chi connectivity index (χ1) is 16.8. The van der Waals surface area contributed by atoms with E-state index in [1.54, 1.807) is 49.4 Å². The number of aryl methyl sites for hydroxylation is 1. The molecule has 4 aromatic rings. The second-order valence-corrected chi connectivity index (χ2v) is 9.77. The van der Waals surface area contributed by atoms with Gasteiger partial charge in [-0.2, -0.15) is 0 Å². The Morgan fingerprint density at radius 2 is 1.60 bits per heavy atom. The third kappa shape index (κ3) is 5.07. The standard InChI is InChI=1S/C27H26N2O5S/c1-19-11-16-25(34-3)26(17-19)35(31,32)29(21-12-14-22(33-2)15-13-21)18-27(30)28-24-10-6-8-20-7-4-5-9-23(20)24/h4-17H,18H2,1-3H3,(H,28,30). The number of ether oxygens (including phenoxy) is 2. The summed E-state index contributed by atoms with van der Waals surface area (Å²) in [6.45, 7) is 1.36. The predicted molar refractivity (Wildman–Crippen MR) is 138 cm³/mol. The largest absolute Gasteiger partial charge is 0.497 e. The normalized spacial score (nSPS) is 11.2. The highest BCUT2D eigenvalue weighted by Crippen LogP contribution is 2.32. The maximum Gasteiger partial charge on any atom is 0.268 e. The number of carbonyl (C=O) groups excluding carboxylic acids is 1. The molecular formula is C27H26N2O5S. The first-order valence-corrected chi connectivity index (χ1v) is 12.4. The number of fused-ring (bicyclic) bond motifs is 1. The molecule has 7 nitrogen and oxygen atoms in total. The van der Waals surface area contributed by atoms with E-state index in [1.165, 1.54) is 20.3 Å². The number of rotatable bonds is 8. The van der Waals surface area contributed by atoms with Gasteiger partial charge in [-0.3, -0.25) is 9.10 Å². The summed E-state index contributed by atoms with van der Waals surface area (Å²) in [5.41, 5.74) is 1.68. The molecule has 1 N–H and O–H groups in total. The third-order valence-electron chi connectivity index (χ3n) is 5.60. The molecule has 0 heterocycles. The Hall–Kier alpha value is -4.04. The van der Waals surface area contributed by atoms with Crippen molar-refractivity contribution in [3.63, 3.8) is 0 Å². The molecule has 0 fully saturated rings. The molecule has 0 aliphatic carbocycles. The average molecular weight is 491 g/mol. The zero-order valence-corrected chi connectivity index (χ0v) is 20.5. The molecule has 0 saturated heterocycles. The second kappa shape index (κ2) is 10.1. The summed E-state index contributed by atoms with van der Waals surface area (Å²) < 4.78 is 39.3. The summed E-state index contributed by atoms with van der Waals surface area (Å²) in [5, 5.41) is 4.70. The van der Waals surface area contributed by atoms with Crippen molar-refractivity contribution in [3.05, 3.63) is 90.5 Å². The van der Waals surface area contributed by atoms with Gasteiger partial charge in [-0.25, -0.2) is 8.42 Å². The highest BCUT2D eigenvalue weighted by molar-refractivity contribution is 7.93. The summed E-state index contributed by atoms with van der Waals surface area (Å²) >= 11 is 0. The lowest BCUT2D eigenvalue weighted by Crippen LogP contribution is -2.38. The van der Waals surface area contributed by atoms with Crippen LogP contribution in [0.4, 0.5) is 11.4 Å². The Morgan fingerprint density at radius 1 is 0.886 bits per heavy atom. The van der Waals surface area contributed by atoms with Crippen molar-refractivity contribution in [1.29, 1.82) is 0 Å². The van der Waals surface area contributed by atoms with E-state index >= 15 is 0 Å². The van der Waals surface area contributed by atoms with E-state index < -0.39 is 22.5 Å². The zero-order chi connectivity index (χ0) is 25.0. The molecule has 35 heavy (non-hydrogen) atoms. The molecule has 4 rings (SSSR count). The van der Waals surface area contributed by atoms with E-state index in [9.17, 15) is 13.2 Å². The Morgan fingerprint density at radius 3 is 2.31 bits per heavy atom. The minimum atomic E-state index is -4.16. The molecule has 0 atom stereocenters. The summed E-state index contributed by atoms with van der Waals surface area (Å²) in [7, 11) is -1.22. The Balaban J connectivity index is 1.73. The Kier molecular flexibility index (Phi) is 6.93. The Labute approximate surface area is 205 Å². The summed E-state index contributed by atoms with van der Waals surface area (Å²) in [4.78, 5) is 13.2. The highest BCUT2D eigenvalue weighted by atomic mass is 32.2. The number of sulfonamides is 1. The van der Waals surface area contributed by atoms with Gasteiger partial charge in [0.1, 0.15) is 22.9 Å². The van der Waals surface area contributed by atoms with Crippen LogP contribution in [0.2, 0.25) is 0 Å². The zero-order valence-electron chi connectivity index (χ0n) is 19.7. The van der Waals surface area contributed by atoms with Gasteiger partial charge in [0.2, 0.25) is 5.91 Å². The van der Waals surface area contributed by atoms with E-state index in [0.717, 1.165) is 20.6 Å². The van der Waals surface area contributed by atoms with Crippen molar-refractivity contribution >= 4 is 38.1 Å². The monoisotopic (exact) mass is 490 g/mol. The Bertz CT molecular complexity index is 1460. The van der Waals surface area contributed by atoms with E-state index in [4.69, 9.17) is 9.47 Å². The van der Waals surface area contributed by atoms with Gasteiger partial charge in [-0.15, -0.1) is 0 Å². The lowest BCUT2D eigenvalue weighted by molar-refractivity contribution is -0.114. The second-order valence-electron chi connectivity index (χ2n) is 7.94. The molecule has 0 saturated carbocycles. The van der Waals surface area contributed by atoms with Crippen molar-refractivity contribution in [3.8, 4) is 11.5 Å². The number of nitrogens with one attached hydrogen (secondary N) is 1. The SMILES string of the molecule is COc1ccc(N(CC(=O)Nc2cccc3ccccc23)S(=O)(=O)c2cc(C)ccc2OC)cc1. The van der Waals surface area contributed by atoms with Crippen LogP contribution < -0.4 is 19.1 Å². The van der Waals surface area contributed by atoms with Crippen LogP contribution in [0.25, 0.3) is 10.8 Å². The van der Waals surface area contributed by atoms with Gasteiger partial charge in [-0.05, 0) is 60.3 Å². The van der Waals surface area contributed by atoms with Crippen LogP contribution in [0.1, 0.15) is 5.56 Å². The van der Waals surface area contributed by atoms with Gasteiger partial charge in [0.15, 0.2) is 0 Å². The van der Waals surface area contributed by atoms with Gasteiger partial charge >= 0.3 is 0 Å². The van der Waals surface area contributed by atoms with E-state index in [1.807, 2.05) is 36.4 Å². The molecule has 8 heteroatoms. The van der Waals surface area contributed by atoms with Crippen molar-refractivity contribution in [2.45, 2.75) is 11.8 Å². The average Bonchev–Trinajstić information content (AvgIpc) is 2.87. The number of hydrogen-bond acceptors (Lipinski definition) is 5. The number of nitrogens with zero attached hydrogens (tertiary/aromatic N) is 1. The van der Waals surface area contributed by atoms with E-state index in [2.05, 4.69) is 5.32 Å². The molecule has 4 aromatic carbocycles. The van der Waals surface area contributed by atoms with Crippen LogP contribution >= 0.6 is 0 Å². The summed E-state index contributed by atoms with van der Waals surface area (Å²) in [5.74, 6) is 0.287. The number of carbonyl (C=O) groups is 1. The number of amides is 1. The lowest BCUT2D eigenvalue weighted by atomic mass is 10.1. The minimum absolute atomic E-state index is 0.0196. The van der Waals surface area contributed by atoms with Crippen molar-refractivity contribution in [2.24, 2.45) is 0 Å². The molecule has 180 valence electrons. The quantitative estimate of drug-likeness (QED) is 0.376. The van der Waals surface area contributed by atoms with Crippen molar-refractivity contribution < 1.29 is 22.7 Å². The van der Waals surface area contributed by atoms with Crippen molar-refractivity contribution in [1.82, 2.24) is 0 Å². The summed E-state index contributed by atoms with van der Waals surface area (Å²) in [6.07, 6.45) is 0. The third-order valence-corrected chi connectivity index (χ3v) is 7.39. The fraction of sp³-hybridized carbons (Fsp3) is 0.148. The molecule has 0 radical (unpaired) electrons. The van der Waals surface area contributed by atoms with E-state index in [-0.39, 0.29) is 10.6 Å². The van der Waals surface area contributed by atoms with Gasteiger partial charge < -0.3 is 14.8 Å². The van der Waals surface area contributed by atoms with Gasteiger partial charge in [-0.1, -0.05) is 42.5 Å². The number of anilines is 2. The molecule has 0 aromatic heterocycles. The van der Waals surface area contributed by atoms with Crippen LogP contribution in [0, 0.1) is 6.92 Å². The fourth-order valence-corrected chi connectivity index (χ4v) is 5.49. The van der Waals surface area contributed by atoms with Crippen LogP contribution in [0.15, 0.2) is 89.8 Å². The molecule has 1 amide bonds. The summed E-state index contributed by atoms with van der Waals surface area (Å²) in [6, 6.07) is 24.6. The van der Waals surface area contributed by atoms with Crippen LogP contribution in [-0.2, 0) is 14.8 Å². The van der Waals surface area contributed by atoms with Crippen LogP contribution in [0.3, 0.4) is 0 Å². The molecule has 0 bridgehead atoms. The molecule has 0 unspecified atom stereocenters. The highest BCUT2D eigenvalue weighted by Gasteiger charge is 2.30. The molecule has 0 spiro atoms. The first kappa shape index (κ1) is 24.1. The number of methoxy groups -OCH3 is 2. The lowest BCUT2D eigenvalue weighted by Gasteiger charge is -2.25. The molecule has 0 aliphatic heterocycles. The fourth-order valence-electron chi connectivity index (χ4n) is 3.82.